The molecule has 4 aliphatic rings. The molecule has 4 aliphatic carbocycles. The van der Waals surface area contributed by atoms with Crippen molar-refractivity contribution >= 4 is 18.7 Å². The first kappa shape index (κ1) is 39.3. The molecule has 0 amide bonds. The predicted octanol–water partition coefficient (Wildman–Crippen LogP) is 11.3. The SMILES string of the molecule is C#[N+]/C=C\N(C)C1CCC2(C)C(=CCC3C4CC=C(CC(C)C=Nc5ccccc5C)C4(C)CCC32)C1.C=C.C=O.Cc1ccc(O)cc1. The molecule has 7 unspecified atom stereocenters. The minimum Gasteiger partial charge on any atom is -0.508 e. The van der Waals surface area contributed by atoms with Gasteiger partial charge in [0.25, 0.3) is 6.57 Å². The summed E-state index contributed by atoms with van der Waals surface area (Å²) in [6.07, 6.45) is 21.4. The number of carbonyl (C=O) groups excluding carboxylic acids is 1. The number of nitrogens with zero attached hydrogens (tertiary/aromatic N) is 3. The van der Waals surface area contributed by atoms with Gasteiger partial charge in [0.05, 0.1) is 11.9 Å². The van der Waals surface area contributed by atoms with Crippen molar-refractivity contribution in [3.05, 3.63) is 113 Å². The van der Waals surface area contributed by atoms with Crippen LogP contribution in [-0.4, -0.2) is 36.1 Å². The first-order chi connectivity index (χ1) is 23.5. The average molecular weight is 663 g/mol. The van der Waals surface area contributed by atoms with Crippen molar-refractivity contribution < 1.29 is 9.90 Å². The van der Waals surface area contributed by atoms with Crippen molar-refractivity contribution in [2.75, 3.05) is 7.05 Å². The van der Waals surface area contributed by atoms with E-state index in [-0.39, 0.29) is 0 Å². The maximum atomic E-state index is 8.76. The van der Waals surface area contributed by atoms with E-state index in [1.165, 1.54) is 56.1 Å². The second-order valence-corrected chi connectivity index (χ2v) is 14.8. The second kappa shape index (κ2) is 18.0. The summed E-state index contributed by atoms with van der Waals surface area (Å²) in [5, 5.41) is 8.76. The van der Waals surface area contributed by atoms with E-state index in [0.29, 0.717) is 28.5 Å². The summed E-state index contributed by atoms with van der Waals surface area (Å²) in [5.41, 5.74) is 7.69. The minimum atomic E-state index is 0.329. The smallest absolute Gasteiger partial charge is 0.320 e. The third-order valence-corrected chi connectivity index (χ3v) is 11.9. The summed E-state index contributed by atoms with van der Waals surface area (Å²) in [5.74, 6) is 3.24. The summed E-state index contributed by atoms with van der Waals surface area (Å²) in [6.45, 7) is 25.0. The van der Waals surface area contributed by atoms with Crippen LogP contribution in [-0.2, 0) is 4.79 Å². The Kier molecular flexibility index (Phi) is 14.4. The van der Waals surface area contributed by atoms with Crippen LogP contribution in [0.2, 0.25) is 0 Å². The Morgan fingerprint density at radius 2 is 1.67 bits per heavy atom. The number of aromatic hydroxyl groups is 1. The zero-order valence-electron chi connectivity index (χ0n) is 30.9. The van der Waals surface area contributed by atoms with E-state index >= 15 is 0 Å². The summed E-state index contributed by atoms with van der Waals surface area (Å²) < 4.78 is 0. The Morgan fingerprint density at radius 3 is 2.33 bits per heavy atom. The van der Waals surface area contributed by atoms with Gasteiger partial charge in [0.15, 0.2) is 0 Å². The van der Waals surface area contributed by atoms with E-state index in [4.69, 9.17) is 21.5 Å². The van der Waals surface area contributed by atoms with Crippen molar-refractivity contribution in [1.82, 2.24) is 4.90 Å². The molecule has 0 aliphatic heterocycles. The number of carbonyl (C=O) groups is 1. The van der Waals surface area contributed by atoms with Gasteiger partial charge in [0.1, 0.15) is 12.5 Å². The van der Waals surface area contributed by atoms with Crippen LogP contribution in [0, 0.1) is 54.9 Å². The van der Waals surface area contributed by atoms with Crippen molar-refractivity contribution in [2.24, 2.45) is 39.5 Å². The zero-order chi connectivity index (χ0) is 36.2. The minimum absolute atomic E-state index is 0.329. The number of benzene rings is 2. The normalized spacial score (nSPS) is 28.7. The van der Waals surface area contributed by atoms with E-state index in [0.717, 1.165) is 29.9 Å². The highest BCUT2D eigenvalue weighted by Crippen LogP contribution is 2.65. The van der Waals surface area contributed by atoms with Crippen LogP contribution < -0.4 is 0 Å². The summed E-state index contributed by atoms with van der Waals surface area (Å²) in [4.78, 5) is 18.8. The molecular formula is C44H60N3O2+. The maximum absolute atomic E-state index is 8.76. The van der Waals surface area contributed by atoms with Crippen molar-refractivity contribution in [1.29, 1.82) is 0 Å². The van der Waals surface area contributed by atoms with Crippen LogP contribution >= 0.6 is 0 Å². The van der Waals surface area contributed by atoms with Gasteiger partial charge in [-0.1, -0.05) is 80.0 Å². The number of phenolic OH excluding ortho intramolecular Hbond substituents is 1. The number of aliphatic imine (C=N–C) groups is 1. The monoisotopic (exact) mass is 662 g/mol. The maximum Gasteiger partial charge on any atom is 0.320 e. The average Bonchev–Trinajstić information content (AvgIpc) is 3.45. The number of hydrogen-bond donors (Lipinski definition) is 1. The van der Waals surface area contributed by atoms with Crippen LogP contribution in [0.5, 0.6) is 5.75 Å². The number of phenols is 1. The molecule has 0 radical (unpaired) electrons. The molecule has 6 rings (SSSR count). The molecule has 5 heteroatoms. The van der Waals surface area contributed by atoms with E-state index in [1.807, 2.05) is 32.0 Å². The summed E-state index contributed by atoms with van der Waals surface area (Å²) in [7, 11) is 2.17. The van der Waals surface area contributed by atoms with Crippen molar-refractivity contribution in [2.45, 2.75) is 92.0 Å². The fourth-order valence-electron chi connectivity index (χ4n) is 9.09. The molecule has 0 heterocycles. The van der Waals surface area contributed by atoms with Gasteiger partial charge in [-0.3, -0.25) is 4.99 Å². The van der Waals surface area contributed by atoms with Gasteiger partial charge in [0, 0.05) is 19.3 Å². The number of allylic oxidation sites excluding steroid dienone is 3. The molecule has 2 aromatic rings. The molecule has 2 saturated carbocycles. The van der Waals surface area contributed by atoms with Gasteiger partial charge in [-0.25, -0.2) is 0 Å². The van der Waals surface area contributed by atoms with Crippen LogP contribution in [0.4, 0.5) is 5.69 Å². The lowest BCUT2D eigenvalue weighted by Gasteiger charge is -2.58. The fourth-order valence-corrected chi connectivity index (χ4v) is 9.09. The molecular weight excluding hydrogens is 603 g/mol. The highest BCUT2D eigenvalue weighted by Gasteiger charge is 2.56. The van der Waals surface area contributed by atoms with E-state index < -0.39 is 0 Å². The Morgan fingerprint density at radius 1 is 1.00 bits per heavy atom. The number of rotatable bonds is 6. The van der Waals surface area contributed by atoms with Gasteiger partial charge in [0.2, 0.25) is 0 Å². The molecule has 0 spiro atoms. The lowest BCUT2D eigenvalue weighted by atomic mass is 9.47. The Labute approximate surface area is 297 Å². The molecule has 2 aromatic carbocycles. The Hall–Kier alpha value is -4.17. The van der Waals surface area contributed by atoms with Crippen LogP contribution in [0.15, 0.2) is 102 Å². The number of para-hydroxylation sites is 1. The topological polar surface area (TPSA) is 57.3 Å². The third-order valence-electron chi connectivity index (χ3n) is 11.9. The Balaban J connectivity index is 0.000000466. The molecule has 1 N–H and O–H groups in total. The first-order valence-corrected chi connectivity index (χ1v) is 17.9. The molecule has 2 fully saturated rings. The number of hydrogen-bond acceptors (Lipinski definition) is 4. The van der Waals surface area contributed by atoms with Crippen LogP contribution in [0.1, 0.15) is 83.3 Å². The number of fused-ring (bicyclic) bond motifs is 5. The number of aryl methyl sites for hydroxylation is 2. The predicted molar refractivity (Wildman–Crippen MR) is 208 cm³/mol. The van der Waals surface area contributed by atoms with Gasteiger partial charge in [-0.05, 0) is 128 Å². The van der Waals surface area contributed by atoms with E-state index in [2.05, 4.69) is 100 Å². The summed E-state index contributed by atoms with van der Waals surface area (Å²) in [6, 6.07) is 16.1. The molecule has 7 atom stereocenters. The molecule has 0 aromatic heterocycles. The van der Waals surface area contributed by atoms with Gasteiger partial charge in [-0.2, -0.15) is 0 Å². The highest BCUT2D eigenvalue weighted by atomic mass is 16.3. The van der Waals surface area contributed by atoms with Crippen molar-refractivity contribution in [3.8, 4) is 12.3 Å². The Bertz CT molecular complexity index is 1510. The fraction of sp³-hybridized carbons (Fsp3) is 0.477. The highest BCUT2D eigenvalue weighted by molar-refractivity contribution is 5.67. The van der Waals surface area contributed by atoms with Crippen LogP contribution in [0.25, 0.3) is 4.85 Å². The second-order valence-electron chi connectivity index (χ2n) is 14.8. The molecule has 0 bridgehead atoms. The summed E-state index contributed by atoms with van der Waals surface area (Å²) >= 11 is 0. The first-order valence-electron chi connectivity index (χ1n) is 17.9. The lowest BCUT2D eigenvalue weighted by Crippen LogP contribution is -2.51. The lowest BCUT2D eigenvalue weighted by molar-refractivity contribution is -0.0980. The van der Waals surface area contributed by atoms with Gasteiger partial charge in [-0.15, -0.1) is 13.2 Å². The molecule has 0 saturated heterocycles. The third kappa shape index (κ3) is 9.09. The standard InChI is InChI=1S/C34H46N3.C7H8O.C2H4.CH2O/c1-24(23-36-32-10-8-7-9-25(32)2)21-26-12-14-30-29-13-11-27-22-28(37(6)20-19-35-5)15-17-33(27,3)31(29)16-18-34(26,30)4;1-6-2-4-7(8)5-3-6;2*1-2/h5,7-12,19-20,23-24,28-31H,13-18,21-22H2,1-4,6H3;2-5,8H,1H3;1-2H2;1H2/q+1;;;/b20-19-,36-23?;;;. The van der Waals surface area contributed by atoms with Gasteiger partial charge < -0.3 is 14.8 Å². The van der Waals surface area contributed by atoms with E-state index in [9.17, 15) is 0 Å². The van der Waals surface area contributed by atoms with Crippen LogP contribution in [0.3, 0.4) is 0 Å². The zero-order valence-corrected chi connectivity index (χ0v) is 30.9. The largest absolute Gasteiger partial charge is 0.508 e. The molecule has 5 nitrogen and oxygen atoms in total. The quantitative estimate of drug-likeness (QED) is 0.247. The van der Waals surface area contributed by atoms with E-state index in [1.54, 1.807) is 29.5 Å². The van der Waals surface area contributed by atoms with Crippen molar-refractivity contribution in [3.63, 3.8) is 0 Å². The molecule has 262 valence electrons. The van der Waals surface area contributed by atoms with Gasteiger partial charge >= 0.3 is 6.20 Å². The molecule has 49 heavy (non-hydrogen) atoms.